The molecule has 0 spiro atoms. The predicted molar refractivity (Wildman–Crippen MR) is 78.3 cm³/mol. The lowest BCUT2D eigenvalue weighted by Crippen LogP contribution is -2.37. The lowest BCUT2D eigenvalue weighted by molar-refractivity contribution is 0.333. The van der Waals surface area contributed by atoms with Crippen LogP contribution in [0.1, 0.15) is 27.7 Å². The van der Waals surface area contributed by atoms with Crippen LogP contribution in [-0.4, -0.2) is 35.8 Å². The van der Waals surface area contributed by atoms with Crippen LogP contribution in [0, 0.1) is 11.8 Å². The van der Waals surface area contributed by atoms with E-state index < -0.39 is 10.0 Å². The highest BCUT2D eigenvalue weighted by atomic mass is 32.2. The summed E-state index contributed by atoms with van der Waals surface area (Å²) in [4.78, 5) is 7.78. The molecule has 1 aromatic rings. The summed E-state index contributed by atoms with van der Waals surface area (Å²) >= 11 is 0. The smallest absolute Gasteiger partial charge is 0.246 e. The second-order valence-electron chi connectivity index (χ2n) is 5.50. The number of rotatable bonds is 7. The molecule has 0 aliphatic carbocycles. The maximum absolute atomic E-state index is 12.6. The van der Waals surface area contributed by atoms with E-state index in [0.29, 0.717) is 13.1 Å². The zero-order chi connectivity index (χ0) is 15.3. The van der Waals surface area contributed by atoms with E-state index in [-0.39, 0.29) is 22.7 Å². The highest BCUT2D eigenvalue weighted by molar-refractivity contribution is 7.89. The Balaban J connectivity index is 3.07. The standard InChI is InChI=1S/C12H23N5O2S/c1-9(2)7-17(8-10(3)4)20(18,19)11-5-14-12(16-13)15-6-11/h5-6,9-10H,7-8,13H2,1-4H3,(H,14,15,16). The van der Waals surface area contributed by atoms with Crippen molar-refractivity contribution < 1.29 is 8.42 Å². The van der Waals surface area contributed by atoms with E-state index in [1.165, 1.54) is 16.7 Å². The largest absolute Gasteiger partial charge is 0.292 e. The molecule has 7 nitrogen and oxygen atoms in total. The number of anilines is 1. The first kappa shape index (κ1) is 16.8. The van der Waals surface area contributed by atoms with Crippen molar-refractivity contribution in [3.05, 3.63) is 12.4 Å². The van der Waals surface area contributed by atoms with Gasteiger partial charge in [0.2, 0.25) is 16.0 Å². The molecule has 0 aliphatic heterocycles. The first-order valence-corrected chi connectivity index (χ1v) is 8.00. The molecule has 20 heavy (non-hydrogen) atoms. The number of hydrazine groups is 1. The van der Waals surface area contributed by atoms with Crippen LogP contribution in [0.5, 0.6) is 0 Å². The summed E-state index contributed by atoms with van der Waals surface area (Å²) in [5.41, 5.74) is 2.27. The zero-order valence-electron chi connectivity index (χ0n) is 12.4. The van der Waals surface area contributed by atoms with Crippen LogP contribution in [0.3, 0.4) is 0 Å². The van der Waals surface area contributed by atoms with Gasteiger partial charge in [-0.3, -0.25) is 5.43 Å². The third-order valence-corrected chi connectivity index (χ3v) is 4.32. The molecule has 0 atom stereocenters. The molecule has 0 radical (unpaired) electrons. The molecule has 0 saturated heterocycles. The minimum Gasteiger partial charge on any atom is -0.292 e. The van der Waals surface area contributed by atoms with Gasteiger partial charge in [0.25, 0.3) is 0 Å². The molecule has 8 heteroatoms. The minimum atomic E-state index is -3.58. The molecule has 0 fully saturated rings. The Morgan fingerprint density at radius 3 is 1.95 bits per heavy atom. The molecule has 3 N–H and O–H groups in total. The van der Waals surface area contributed by atoms with Crippen LogP contribution in [-0.2, 0) is 10.0 Å². The van der Waals surface area contributed by atoms with Gasteiger partial charge in [-0.2, -0.15) is 4.31 Å². The SMILES string of the molecule is CC(C)CN(CC(C)C)S(=O)(=O)c1cnc(NN)nc1. The summed E-state index contributed by atoms with van der Waals surface area (Å²) in [7, 11) is -3.58. The van der Waals surface area contributed by atoms with Crippen molar-refractivity contribution in [1.29, 1.82) is 0 Å². The predicted octanol–water partition coefficient (Wildman–Crippen LogP) is 1.06. The second kappa shape index (κ2) is 6.96. The Hall–Kier alpha value is -1.25. The Bertz CT molecular complexity index is 503. The Labute approximate surface area is 120 Å². The van der Waals surface area contributed by atoms with Gasteiger partial charge in [-0.15, -0.1) is 0 Å². The summed E-state index contributed by atoms with van der Waals surface area (Å²) in [5.74, 6) is 5.84. The minimum absolute atomic E-state index is 0.0813. The maximum Gasteiger partial charge on any atom is 0.246 e. The van der Waals surface area contributed by atoms with Gasteiger partial charge >= 0.3 is 0 Å². The lowest BCUT2D eigenvalue weighted by Gasteiger charge is -2.25. The second-order valence-corrected chi connectivity index (χ2v) is 7.43. The van der Waals surface area contributed by atoms with Gasteiger partial charge in [0, 0.05) is 13.1 Å². The molecular formula is C12H23N5O2S. The van der Waals surface area contributed by atoms with Gasteiger partial charge in [0.1, 0.15) is 4.90 Å². The molecule has 0 saturated carbocycles. The van der Waals surface area contributed by atoms with Crippen molar-refractivity contribution in [3.8, 4) is 0 Å². The first-order chi connectivity index (χ1) is 9.27. The number of nitrogens with one attached hydrogen (secondary N) is 1. The zero-order valence-corrected chi connectivity index (χ0v) is 13.2. The first-order valence-electron chi connectivity index (χ1n) is 6.56. The molecular weight excluding hydrogens is 278 g/mol. The Morgan fingerprint density at radius 1 is 1.15 bits per heavy atom. The molecule has 1 aromatic heterocycles. The molecule has 0 aromatic carbocycles. The van der Waals surface area contributed by atoms with E-state index in [1.807, 2.05) is 27.7 Å². The molecule has 0 amide bonds. The number of hydrogen-bond acceptors (Lipinski definition) is 6. The van der Waals surface area contributed by atoms with Crippen LogP contribution in [0.4, 0.5) is 5.95 Å². The van der Waals surface area contributed by atoms with E-state index in [1.54, 1.807) is 0 Å². The van der Waals surface area contributed by atoms with E-state index in [2.05, 4.69) is 15.4 Å². The summed E-state index contributed by atoms with van der Waals surface area (Å²) in [5, 5.41) is 0. The fourth-order valence-electron chi connectivity index (χ4n) is 1.76. The maximum atomic E-state index is 12.6. The lowest BCUT2D eigenvalue weighted by atomic mass is 10.2. The number of nitrogens with zero attached hydrogens (tertiary/aromatic N) is 3. The van der Waals surface area contributed by atoms with Gasteiger partial charge in [0.05, 0.1) is 12.4 Å². The summed E-state index contributed by atoms with van der Waals surface area (Å²) < 4.78 is 26.7. The average Bonchev–Trinajstić information content (AvgIpc) is 2.37. The fraction of sp³-hybridized carbons (Fsp3) is 0.667. The van der Waals surface area contributed by atoms with E-state index in [9.17, 15) is 8.42 Å². The molecule has 0 unspecified atom stereocenters. The topological polar surface area (TPSA) is 101 Å². The van der Waals surface area contributed by atoms with Crippen molar-refractivity contribution in [3.63, 3.8) is 0 Å². The van der Waals surface area contributed by atoms with Gasteiger partial charge in [-0.05, 0) is 11.8 Å². The third-order valence-electron chi connectivity index (χ3n) is 2.53. The van der Waals surface area contributed by atoms with Crippen molar-refractivity contribution in [1.82, 2.24) is 14.3 Å². The van der Waals surface area contributed by atoms with Crippen LogP contribution < -0.4 is 11.3 Å². The highest BCUT2D eigenvalue weighted by Crippen LogP contribution is 2.17. The van der Waals surface area contributed by atoms with Crippen LogP contribution in [0.15, 0.2) is 17.3 Å². The molecule has 1 rings (SSSR count). The van der Waals surface area contributed by atoms with Crippen LogP contribution in [0.2, 0.25) is 0 Å². The molecule has 1 heterocycles. The van der Waals surface area contributed by atoms with Crippen LogP contribution in [0.25, 0.3) is 0 Å². The number of sulfonamides is 1. The Morgan fingerprint density at radius 2 is 1.60 bits per heavy atom. The van der Waals surface area contributed by atoms with Gasteiger partial charge < -0.3 is 0 Å². The van der Waals surface area contributed by atoms with Crippen molar-refractivity contribution in [2.75, 3.05) is 18.5 Å². The molecule has 0 bridgehead atoms. The van der Waals surface area contributed by atoms with Gasteiger partial charge in [-0.25, -0.2) is 24.2 Å². The number of nitrogen functional groups attached to an aromatic ring is 1. The van der Waals surface area contributed by atoms with Gasteiger partial charge in [-0.1, -0.05) is 27.7 Å². The molecule has 114 valence electrons. The van der Waals surface area contributed by atoms with Crippen molar-refractivity contribution in [2.24, 2.45) is 17.7 Å². The highest BCUT2D eigenvalue weighted by Gasteiger charge is 2.26. The van der Waals surface area contributed by atoms with Gasteiger partial charge in [0.15, 0.2) is 0 Å². The van der Waals surface area contributed by atoms with Crippen molar-refractivity contribution in [2.45, 2.75) is 32.6 Å². The van der Waals surface area contributed by atoms with Crippen LogP contribution >= 0.6 is 0 Å². The van der Waals surface area contributed by atoms with Crippen molar-refractivity contribution >= 4 is 16.0 Å². The normalized spacial score (nSPS) is 12.4. The number of hydrogen-bond donors (Lipinski definition) is 2. The Kier molecular flexibility index (Phi) is 5.85. The monoisotopic (exact) mass is 301 g/mol. The fourth-order valence-corrected chi connectivity index (χ4v) is 3.42. The number of nitrogens with two attached hydrogens (primary N) is 1. The quantitative estimate of drug-likeness (QED) is 0.577. The van der Waals surface area contributed by atoms with E-state index in [4.69, 9.17) is 5.84 Å². The summed E-state index contributed by atoms with van der Waals surface area (Å²) in [6.45, 7) is 8.89. The van der Waals surface area contributed by atoms with E-state index >= 15 is 0 Å². The summed E-state index contributed by atoms with van der Waals surface area (Å²) in [6, 6.07) is 0. The van der Waals surface area contributed by atoms with E-state index in [0.717, 1.165) is 0 Å². The third kappa shape index (κ3) is 4.39. The molecule has 0 aliphatic rings. The average molecular weight is 301 g/mol. The summed E-state index contributed by atoms with van der Waals surface area (Å²) in [6.07, 6.45) is 2.54. The number of aromatic nitrogens is 2.